The highest BCUT2D eigenvalue weighted by molar-refractivity contribution is 7.91. The van der Waals surface area contributed by atoms with Gasteiger partial charge in [-0.3, -0.25) is 4.79 Å². The number of nitrogens with zero attached hydrogens (tertiary/aromatic N) is 2. The van der Waals surface area contributed by atoms with Crippen LogP contribution in [0.25, 0.3) is 22.0 Å². The van der Waals surface area contributed by atoms with E-state index in [4.69, 9.17) is 14.2 Å². The molecule has 1 aromatic heterocycles. The van der Waals surface area contributed by atoms with Crippen LogP contribution >= 0.6 is 0 Å². The number of methoxy groups -OCH3 is 1. The summed E-state index contributed by atoms with van der Waals surface area (Å²) in [5, 5.41) is 6.01. The summed E-state index contributed by atoms with van der Waals surface area (Å²) in [6, 6.07) is 57.1. The number of fused-ring (bicyclic) bond motifs is 1. The molecule has 0 N–H and O–H groups in total. The second kappa shape index (κ2) is 21.2. The van der Waals surface area contributed by atoms with Crippen LogP contribution in [0.15, 0.2) is 219 Å². The molecule has 68 heavy (non-hydrogen) atoms. The van der Waals surface area contributed by atoms with E-state index in [-0.39, 0.29) is 20.2 Å². The van der Waals surface area contributed by atoms with Crippen LogP contribution in [0.5, 0.6) is 28.7 Å². The standard InChI is InChI=1S/C20H18O4S.C20H18O3S.C16H14N2O/c1-15-3-5-17(6-4-15)24-18-9-13-20(14-10-18)25(21,22)19-11-7-16(23-2)8-12-19;1-15-3-7-17(8-4-15)23-18-9-13-20(14-10-18)24(21,22)19-11-5-16(2)6-12-19;1-11-7-9-12(10-8-11)15-13-5-3-4-6-14(13)16(19)18(2)17-15/h3-14H,1-2H3;3-14H,1-2H3;3-10H,1-2H3. The third-order valence-electron chi connectivity index (χ3n) is 10.8. The minimum absolute atomic E-state index is 0.0635. The maximum Gasteiger partial charge on any atom is 0.274 e. The summed E-state index contributed by atoms with van der Waals surface area (Å²) < 4.78 is 68.4. The molecule has 1 heterocycles. The third-order valence-corrected chi connectivity index (χ3v) is 14.3. The van der Waals surface area contributed by atoms with Crippen molar-refractivity contribution in [3.05, 3.63) is 227 Å². The second-order valence-electron chi connectivity index (χ2n) is 16.0. The fourth-order valence-corrected chi connectivity index (χ4v) is 9.35. The third kappa shape index (κ3) is 11.8. The Bertz CT molecular complexity index is 3410. The zero-order valence-corrected chi connectivity index (χ0v) is 40.1. The van der Waals surface area contributed by atoms with Crippen molar-refractivity contribution in [3.63, 3.8) is 0 Å². The van der Waals surface area contributed by atoms with Crippen LogP contribution in [0.1, 0.15) is 22.3 Å². The maximum atomic E-state index is 12.7. The summed E-state index contributed by atoms with van der Waals surface area (Å²) in [4.78, 5) is 13.1. The van der Waals surface area contributed by atoms with E-state index in [9.17, 15) is 21.6 Å². The average molecular weight is 943 g/mol. The first-order valence-corrected chi connectivity index (χ1v) is 24.5. The van der Waals surface area contributed by atoms with Crippen LogP contribution in [-0.2, 0) is 26.7 Å². The van der Waals surface area contributed by atoms with Crippen LogP contribution in [0.4, 0.5) is 0 Å². The Morgan fingerprint density at radius 2 is 0.691 bits per heavy atom. The molecule has 0 aliphatic carbocycles. The molecule has 9 aromatic rings. The first-order chi connectivity index (χ1) is 32.6. The molecule has 0 aliphatic rings. The first-order valence-electron chi connectivity index (χ1n) is 21.5. The largest absolute Gasteiger partial charge is 0.497 e. The molecule has 9 rings (SSSR count). The number of benzene rings is 8. The molecule has 10 nitrogen and oxygen atoms in total. The smallest absolute Gasteiger partial charge is 0.274 e. The van der Waals surface area contributed by atoms with E-state index >= 15 is 0 Å². The van der Waals surface area contributed by atoms with Crippen LogP contribution in [0.2, 0.25) is 0 Å². The predicted octanol–water partition coefficient (Wildman–Crippen LogP) is 12.5. The van der Waals surface area contributed by atoms with Gasteiger partial charge in [0.2, 0.25) is 19.7 Å². The van der Waals surface area contributed by atoms with Gasteiger partial charge in [0.1, 0.15) is 28.7 Å². The molecule has 0 saturated carbocycles. The van der Waals surface area contributed by atoms with Crippen molar-refractivity contribution >= 4 is 30.4 Å². The van der Waals surface area contributed by atoms with Crippen molar-refractivity contribution in [2.45, 2.75) is 47.3 Å². The number of hydrogen-bond acceptors (Lipinski definition) is 9. The summed E-state index contributed by atoms with van der Waals surface area (Å²) in [5.74, 6) is 3.21. The SMILES string of the molecule is COc1ccc(S(=O)(=O)c2ccc(Oc3ccc(C)cc3)cc2)cc1.Cc1ccc(-c2nn(C)c(=O)c3ccccc23)cc1.Cc1ccc(Oc2ccc(S(=O)(=O)c3ccc(C)cc3)cc2)cc1. The van der Waals surface area contributed by atoms with Crippen molar-refractivity contribution in [2.24, 2.45) is 7.05 Å². The van der Waals surface area contributed by atoms with Crippen LogP contribution in [-0.4, -0.2) is 33.7 Å². The number of hydrogen-bond donors (Lipinski definition) is 0. The monoisotopic (exact) mass is 942 g/mol. The van der Waals surface area contributed by atoms with E-state index < -0.39 is 19.7 Å². The molecule has 0 spiro atoms. The van der Waals surface area contributed by atoms with Crippen molar-refractivity contribution in [3.8, 4) is 40.0 Å². The number of aryl methyl sites for hydroxylation is 5. The molecule has 0 atom stereocenters. The molecule has 0 amide bonds. The molecule has 0 radical (unpaired) electrons. The predicted molar refractivity (Wildman–Crippen MR) is 268 cm³/mol. The summed E-state index contributed by atoms with van der Waals surface area (Å²) in [7, 11) is -3.85. The minimum Gasteiger partial charge on any atom is -0.497 e. The van der Waals surface area contributed by atoms with Gasteiger partial charge in [-0.05, 0) is 143 Å². The van der Waals surface area contributed by atoms with E-state index in [0.717, 1.165) is 39.1 Å². The number of aromatic nitrogens is 2. The lowest BCUT2D eigenvalue weighted by atomic mass is 10.0. The fourth-order valence-electron chi connectivity index (χ4n) is 6.83. The van der Waals surface area contributed by atoms with Gasteiger partial charge in [0.05, 0.1) is 37.8 Å². The van der Waals surface area contributed by atoms with E-state index in [1.54, 1.807) is 92.0 Å². The van der Waals surface area contributed by atoms with E-state index in [2.05, 4.69) is 24.2 Å². The summed E-state index contributed by atoms with van der Waals surface area (Å²) >= 11 is 0. The van der Waals surface area contributed by atoms with E-state index in [1.807, 2.05) is 106 Å². The topological polar surface area (TPSA) is 131 Å². The fraction of sp³-hybridized carbons (Fsp3) is 0.107. The molecule has 0 aliphatic heterocycles. The Balaban J connectivity index is 0.000000152. The number of sulfone groups is 2. The molecule has 12 heteroatoms. The van der Waals surface area contributed by atoms with Gasteiger partial charge in [-0.25, -0.2) is 21.5 Å². The minimum atomic E-state index is -3.57. The number of rotatable bonds is 10. The molecule has 8 aromatic carbocycles. The van der Waals surface area contributed by atoms with Crippen LogP contribution in [0, 0.1) is 27.7 Å². The molecule has 0 fully saturated rings. The van der Waals surface area contributed by atoms with Gasteiger partial charge in [-0.15, -0.1) is 0 Å². The molecular weight excluding hydrogens is 893 g/mol. The Morgan fingerprint density at radius 1 is 0.397 bits per heavy atom. The Kier molecular flexibility index (Phi) is 15.0. The average Bonchev–Trinajstić information content (AvgIpc) is 3.35. The van der Waals surface area contributed by atoms with Crippen LogP contribution < -0.4 is 19.8 Å². The van der Waals surface area contributed by atoms with Gasteiger partial charge >= 0.3 is 0 Å². The zero-order chi connectivity index (χ0) is 48.4. The highest BCUT2D eigenvalue weighted by Gasteiger charge is 2.19. The van der Waals surface area contributed by atoms with Gasteiger partial charge in [-0.2, -0.15) is 5.10 Å². The number of ether oxygens (including phenoxy) is 3. The van der Waals surface area contributed by atoms with Gasteiger partial charge in [0.15, 0.2) is 0 Å². The Labute approximate surface area is 397 Å². The Morgan fingerprint density at radius 3 is 1.06 bits per heavy atom. The lowest BCUT2D eigenvalue weighted by Gasteiger charge is -2.08. The van der Waals surface area contributed by atoms with Gasteiger partial charge in [0.25, 0.3) is 5.56 Å². The quantitative estimate of drug-likeness (QED) is 0.131. The summed E-state index contributed by atoms with van der Waals surface area (Å²) in [6.07, 6.45) is 0. The van der Waals surface area contributed by atoms with Crippen molar-refractivity contribution in [2.75, 3.05) is 7.11 Å². The molecule has 344 valence electrons. The first kappa shape index (κ1) is 48.1. The van der Waals surface area contributed by atoms with Gasteiger partial charge < -0.3 is 14.2 Å². The van der Waals surface area contributed by atoms with Crippen molar-refractivity contribution in [1.82, 2.24) is 9.78 Å². The Hall–Kier alpha value is -7.80. The van der Waals surface area contributed by atoms with E-state index in [0.29, 0.717) is 33.3 Å². The van der Waals surface area contributed by atoms with E-state index in [1.165, 1.54) is 29.5 Å². The zero-order valence-electron chi connectivity index (χ0n) is 38.5. The van der Waals surface area contributed by atoms with Crippen molar-refractivity contribution < 1.29 is 31.0 Å². The lowest BCUT2D eigenvalue weighted by molar-refractivity contribution is 0.414. The molecular formula is C56H50N2O8S2. The highest BCUT2D eigenvalue weighted by Crippen LogP contribution is 2.29. The normalized spacial score (nSPS) is 11.1. The van der Waals surface area contributed by atoms with Gasteiger partial charge in [0, 0.05) is 18.0 Å². The van der Waals surface area contributed by atoms with Crippen LogP contribution in [0.3, 0.4) is 0 Å². The van der Waals surface area contributed by atoms with Crippen molar-refractivity contribution in [1.29, 1.82) is 0 Å². The summed E-state index contributed by atoms with van der Waals surface area (Å²) in [5.41, 5.74) is 6.34. The summed E-state index contributed by atoms with van der Waals surface area (Å²) in [6.45, 7) is 7.99. The lowest BCUT2D eigenvalue weighted by Crippen LogP contribution is -2.20. The molecule has 0 saturated heterocycles. The second-order valence-corrected chi connectivity index (χ2v) is 19.9. The maximum absolute atomic E-state index is 12.7. The molecule has 0 bridgehead atoms. The molecule has 0 unspecified atom stereocenters. The highest BCUT2D eigenvalue weighted by atomic mass is 32.2. The van der Waals surface area contributed by atoms with Gasteiger partial charge in [-0.1, -0.05) is 101 Å².